The van der Waals surface area contributed by atoms with Crippen molar-refractivity contribution in [2.75, 3.05) is 26.3 Å². The summed E-state index contributed by atoms with van der Waals surface area (Å²) in [6.45, 7) is 8.54. The van der Waals surface area contributed by atoms with Crippen LogP contribution in [-0.2, 0) is 10.0 Å². The van der Waals surface area contributed by atoms with E-state index in [1.165, 1.54) is 16.4 Å². The predicted octanol–water partition coefficient (Wildman–Crippen LogP) is 2.03. The fourth-order valence-corrected chi connectivity index (χ4v) is 3.29. The number of sulfonamides is 1. The molecule has 0 unspecified atom stereocenters. The standard InChI is InChI=1S/C15H23NO4S/c1-4-16(12-13(2)3)21(18,19)15-8-6-14(7-9-15)20-11-5-10-17/h6-9,17H,2,4-5,10-12H2,1,3H3. The lowest BCUT2D eigenvalue weighted by Crippen LogP contribution is -2.32. The molecule has 0 saturated heterocycles. The minimum Gasteiger partial charge on any atom is -0.494 e. The minimum atomic E-state index is -3.51. The summed E-state index contributed by atoms with van der Waals surface area (Å²) in [7, 11) is -3.51. The third-order valence-electron chi connectivity index (χ3n) is 2.83. The third-order valence-corrected chi connectivity index (χ3v) is 4.77. The van der Waals surface area contributed by atoms with Crippen molar-refractivity contribution in [3.05, 3.63) is 36.4 Å². The van der Waals surface area contributed by atoms with Crippen molar-refractivity contribution in [1.29, 1.82) is 0 Å². The second kappa shape index (κ2) is 8.17. The van der Waals surface area contributed by atoms with Crippen LogP contribution in [0, 0.1) is 0 Å². The molecule has 1 rings (SSSR count). The van der Waals surface area contributed by atoms with Gasteiger partial charge < -0.3 is 9.84 Å². The van der Waals surface area contributed by atoms with Gasteiger partial charge in [-0.3, -0.25) is 0 Å². The number of aliphatic hydroxyl groups is 1. The molecule has 0 bridgehead atoms. The molecule has 0 spiro atoms. The molecule has 0 atom stereocenters. The fourth-order valence-electron chi connectivity index (χ4n) is 1.78. The Morgan fingerprint density at radius 1 is 1.33 bits per heavy atom. The maximum Gasteiger partial charge on any atom is 0.243 e. The monoisotopic (exact) mass is 313 g/mol. The zero-order valence-corrected chi connectivity index (χ0v) is 13.4. The molecular formula is C15H23NO4S. The highest BCUT2D eigenvalue weighted by molar-refractivity contribution is 7.89. The predicted molar refractivity (Wildman–Crippen MR) is 82.9 cm³/mol. The summed E-state index contributed by atoms with van der Waals surface area (Å²) in [5, 5.41) is 8.68. The lowest BCUT2D eigenvalue weighted by Gasteiger charge is -2.20. The Labute approximate surface area is 126 Å². The van der Waals surface area contributed by atoms with Crippen molar-refractivity contribution in [3.8, 4) is 5.75 Å². The van der Waals surface area contributed by atoms with Crippen molar-refractivity contribution in [1.82, 2.24) is 4.31 Å². The molecule has 0 fully saturated rings. The van der Waals surface area contributed by atoms with Gasteiger partial charge in [0.05, 0.1) is 11.5 Å². The molecular weight excluding hydrogens is 290 g/mol. The maximum absolute atomic E-state index is 12.5. The van der Waals surface area contributed by atoms with E-state index >= 15 is 0 Å². The Kier molecular flexibility index (Phi) is 6.87. The lowest BCUT2D eigenvalue weighted by molar-refractivity contribution is 0.233. The minimum absolute atomic E-state index is 0.0683. The first-order valence-electron chi connectivity index (χ1n) is 6.90. The van der Waals surface area contributed by atoms with Crippen molar-refractivity contribution < 1.29 is 18.3 Å². The Morgan fingerprint density at radius 2 is 1.95 bits per heavy atom. The second-order valence-electron chi connectivity index (χ2n) is 4.79. The highest BCUT2D eigenvalue weighted by Crippen LogP contribution is 2.20. The number of aliphatic hydroxyl groups excluding tert-OH is 1. The summed E-state index contributed by atoms with van der Waals surface area (Å²) >= 11 is 0. The summed E-state index contributed by atoms with van der Waals surface area (Å²) in [6, 6.07) is 6.31. The highest BCUT2D eigenvalue weighted by atomic mass is 32.2. The fraction of sp³-hybridized carbons (Fsp3) is 0.467. The molecule has 0 aromatic heterocycles. The van der Waals surface area contributed by atoms with Gasteiger partial charge in [-0.05, 0) is 31.2 Å². The first kappa shape index (κ1) is 17.7. The van der Waals surface area contributed by atoms with Crippen LogP contribution in [0.1, 0.15) is 20.3 Å². The van der Waals surface area contributed by atoms with Gasteiger partial charge in [-0.1, -0.05) is 19.1 Å². The number of ether oxygens (including phenoxy) is 1. The van der Waals surface area contributed by atoms with Gasteiger partial charge in [0.15, 0.2) is 0 Å². The van der Waals surface area contributed by atoms with Crippen LogP contribution in [-0.4, -0.2) is 44.1 Å². The van der Waals surface area contributed by atoms with Gasteiger partial charge in [-0.15, -0.1) is 0 Å². The average Bonchev–Trinajstić information content (AvgIpc) is 2.45. The van der Waals surface area contributed by atoms with E-state index in [4.69, 9.17) is 9.84 Å². The third kappa shape index (κ3) is 5.15. The zero-order valence-electron chi connectivity index (χ0n) is 12.6. The number of likely N-dealkylation sites (N-methyl/N-ethyl adjacent to an activating group) is 1. The van der Waals surface area contributed by atoms with Crippen molar-refractivity contribution >= 4 is 10.0 Å². The number of nitrogens with zero attached hydrogens (tertiary/aromatic N) is 1. The topological polar surface area (TPSA) is 66.8 Å². The molecule has 0 saturated carbocycles. The lowest BCUT2D eigenvalue weighted by atomic mass is 10.3. The van der Waals surface area contributed by atoms with Crippen molar-refractivity contribution in [2.24, 2.45) is 0 Å². The Hall–Kier alpha value is -1.37. The summed E-state index contributed by atoms with van der Waals surface area (Å²) < 4.78 is 31.7. The summed E-state index contributed by atoms with van der Waals surface area (Å²) in [5.74, 6) is 0.588. The second-order valence-corrected chi connectivity index (χ2v) is 6.72. The molecule has 0 radical (unpaired) electrons. The quantitative estimate of drug-likeness (QED) is 0.559. The van der Waals surface area contributed by atoms with E-state index in [2.05, 4.69) is 6.58 Å². The first-order chi connectivity index (χ1) is 9.91. The van der Waals surface area contributed by atoms with Crippen LogP contribution in [0.25, 0.3) is 0 Å². The molecule has 0 aliphatic carbocycles. The number of benzene rings is 1. The van der Waals surface area contributed by atoms with E-state index < -0.39 is 10.0 Å². The van der Waals surface area contributed by atoms with Gasteiger partial charge in [0.25, 0.3) is 0 Å². The molecule has 118 valence electrons. The van der Waals surface area contributed by atoms with E-state index in [1.807, 2.05) is 0 Å². The molecule has 0 heterocycles. The van der Waals surface area contributed by atoms with E-state index in [0.29, 0.717) is 31.9 Å². The number of hydrogen-bond acceptors (Lipinski definition) is 4. The van der Waals surface area contributed by atoms with E-state index in [1.54, 1.807) is 26.0 Å². The molecule has 0 amide bonds. The van der Waals surface area contributed by atoms with Crippen LogP contribution in [0.15, 0.2) is 41.3 Å². The SMILES string of the molecule is C=C(C)CN(CC)S(=O)(=O)c1ccc(OCCCO)cc1. The van der Waals surface area contributed by atoms with Crippen molar-refractivity contribution in [2.45, 2.75) is 25.2 Å². The van der Waals surface area contributed by atoms with Gasteiger partial charge in [0, 0.05) is 26.1 Å². The van der Waals surface area contributed by atoms with Crippen molar-refractivity contribution in [3.63, 3.8) is 0 Å². The summed E-state index contributed by atoms with van der Waals surface area (Å²) in [4.78, 5) is 0.236. The molecule has 1 aromatic carbocycles. The van der Waals surface area contributed by atoms with Gasteiger partial charge in [0.2, 0.25) is 10.0 Å². The highest BCUT2D eigenvalue weighted by Gasteiger charge is 2.22. The number of rotatable bonds is 9. The number of hydrogen-bond donors (Lipinski definition) is 1. The van der Waals surface area contributed by atoms with E-state index in [-0.39, 0.29) is 11.5 Å². The van der Waals surface area contributed by atoms with E-state index in [9.17, 15) is 8.42 Å². The smallest absolute Gasteiger partial charge is 0.243 e. The Morgan fingerprint density at radius 3 is 2.43 bits per heavy atom. The first-order valence-corrected chi connectivity index (χ1v) is 8.34. The summed E-state index contributed by atoms with van der Waals surface area (Å²) in [6.07, 6.45) is 0.544. The molecule has 1 N–H and O–H groups in total. The average molecular weight is 313 g/mol. The normalized spacial score (nSPS) is 11.6. The zero-order chi connectivity index (χ0) is 15.9. The van der Waals surface area contributed by atoms with Gasteiger partial charge >= 0.3 is 0 Å². The van der Waals surface area contributed by atoms with Gasteiger partial charge in [-0.25, -0.2) is 8.42 Å². The van der Waals surface area contributed by atoms with Crippen LogP contribution < -0.4 is 4.74 Å². The molecule has 0 aliphatic rings. The molecule has 5 nitrogen and oxygen atoms in total. The van der Waals surface area contributed by atoms with Crippen LogP contribution in [0.2, 0.25) is 0 Å². The van der Waals surface area contributed by atoms with Gasteiger partial charge in [-0.2, -0.15) is 4.31 Å². The van der Waals surface area contributed by atoms with Crippen LogP contribution in [0.5, 0.6) is 5.75 Å². The maximum atomic E-state index is 12.5. The molecule has 1 aromatic rings. The van der Waals surface area contributed by atoms with Crippen LogP contribution in [0.4, 0.5) is 0 Å². The molecule has 21 heavy (non-hydrogen) atoms. The Bertz CT molecular complexity index is 552. The van der Waals surface area contributed by atoms with Crippen LogP contribution in [0.3, 0.4) is 0 Å². The van der Waals surface area contributed by atoms with E-state index in [0.717, 1.165) is 5.57 Å². The largest absolute Gasteiger partial charge is 0.494 e. The Balaban J connectivity index is 2.85. The van der Waals surface area contributed by atoms with Crippen LogP contribution >= 0.6 is 0 Å². The summed E-state index contributed by atoms with van der Waals surface area (Å²) in [5.41, 5.74) is 0.796. The molecule has 0 aliphatic heterocycles. The molecule has 6 heteroatoms. The van der Waals surface area contributed by atoms with Gasteiger partial charge in [0.1, 0.15) is 5.75 Å².